The zero-order valence-corrected chi connectivity index (χ0v) is 10.2. The van der Waals surface area contributed by atoms with Gasteiger partial charge in [-0.2, -0.15) is 0 Å². The van der Waals surface area contributed by atoms with Gasteiger partial charge in [0.05, 0.1) is 0 Å². The Hall–Kier alpha value is -1.42. The van der Waals surface area contributed by atoms with E-state index in [0.717, 1.165) is 5.56 Å². The number of hydrogen-bond donors (Lipinski definition) is 2. The number of aliphatic hydroxyl groups is 1. The lowest BCUT2D eigenvalue weighted by Gasteiger charge is -2.11. The molecule has 0 saturated carbocycles. The van der Waals surface area contributed by atoms with Crippen LogP contribution in [0.3, 0.4) is 0 Å². The second kappa shape index (κ2) is 6.35. The molecule has 0 bridgehead atoms. The topological polar surface area (TPSA) is 49.3 Å². The van der Waals surface area contributed by atoms with Crippen LogP contribution >= 0.6 is 0 Å². The van der Waals surface area contributed by atoms with E-state index in [4.69, 9.17) is 5.11 Å². The first-order valence-electron chi connectivity index (χ1n) is 5.69. The highest BCUT2D eigenvalue weighted by Gasteiger charge is 2.09. The molecule has 0 aliphatic rings. The third-order valence-corrected chi connectivity index (χ3v) is 2.54. The van der Waals surface area contributed by atoms with Crippen molar-refractivity contribution in [1.29, 1.82) is 0 Å². The molecule has 1 amide bonds. The van der Waals surface area contributed by atoms with Crippen molar-refractivity contribution >= 4 is 5.91 Å². The molecule has 0 fully saturated rings. The van der Waals surface area contributed by atoms with Crippen LogP contribution in [0.25, 0.3) is 0 Å². The van der Waals surface area contributed by atoms with Gasteiger partial charge in [-0.1, -0.05) is 6.92 Å². The predicted octanol–water partition coefficient (Wildman–Crippen LogP) is 1.88. The highest BCUT2D eigenvalue weighted by molar-refractivity contribution is 5.94. The Morgan fingerprint density at radius 2 is 2.18 bits per heavy atom. The molecule has 0 spiro atoms. The summed E-state index contributed by atoms with van der Waals surface area (Å²) in [4.78, 5) is 11.7. The number of aryl methyl sites for hydroxylation is 1. The Labute approximate surface area is 101 Å². The van der Waals surface area contributed by atoms with E-state index in [1.807, 2.05) is 6.92 Å². The summed E-state index contributed by atoms with van der Waals surface area (Å²) in [6.45, 7) is 4.27. The van der Waals surface area contributed by atoms with Crippen molar-refractivity contribution in [3.05, 3.63) is 35.1 Å². The number of nitrogens with one attached hydrogen (secondary N) is 1. The van der Waals surface area contributed by atoms with Gasteiger partial charge in [0.15, 0.2) is 0 Å². The van der Waals surface area contributed by atoms with Crippen molar-refractivity contribution in [3.8, 4) is 0 Å². The van der Waals surface area contributed by atoms with Crippen LogP contribution in [-0.2, 0) is 0 Å². The smallest absolute Gasteiger partial charge is 0.251 e. The molecule has 0 aromatic heterocycles. The van der Waals surface area contributed by atoms with E-state index in [-0.39, 0.29) is 18.4 Å². The Kier molecular flexibility index (Phi) is 5.10. The molecule has 2 N–H and O–H groups in total. The second-order valence-electron chi connectivity index (χ2n) is 4.34. The van der Waals surface area contributed by atoms with Gasteiger partial charge in [-0.15, -0.1) is 0 Å². The molecular formula is C13H18FNO2. The average molecular weight is 239 g/mol. The van der Waals surface area contributed by atoms with Crippen molar-refractivity contribution in [1.82, 2.24) is 5.32 Å². The lowest BCUT2D eigenvalue weighted by atomic mass is 10.1. The van der Waals surface area contributed by atoms with Gasteiger partial charge in [-0.25, -0.2) is 4.39 Å². The summed E-state index contributed by atoms with van der Waals surface area (Å²) < 4.78 is 13.1. The van der Waals surface area contributed by atoms with Crippen molar-refractivity contribution in [2.45, 2.75) is 20.3 Å². The maximum Gasteiger partial charge on any atom is 0.251 e. The van der Waals surface area contributed by atoms with Crippen LogP contribution in [-0.4, -0.2) is 24.2 Å². The van der Waals surface area contributed by atoms with E-state index >= 15 is 0 Å². The van der Waals surface area contributed by atoms with Crippen molar-refractivity contribution < 1.29 is 14.3 Å². The van der Waals surface area contributed by atoms with E-state index < -0.39 is 5.82 Å². The molecule has 1 unspecified atom stereocenters. The molecule has 0 aliphatic carbocycles. The van der Waals surface area contributed by atoms with Gasteiger partial charge in [0.25, 0.3) is 5.91 Å². The molecule has 17 heavy (non-hydrogen) atoms. The zero-order valence-electron chi connectivity index (χ0n) is 10.2. The van der Waals surface area contributed by atoms with Gasteiger partial charge in [0.1, 0.15) is 5.82 Å². The van der Waals surface area contributed by atoms with Gasteiger partial charge in [0.2, 0.25) is 0 Å². The SMILES string of the molecule is Cc1cc(F)cc(C(=O)NCC(C)CCO)c1. The zero-order chi connectivity index (χ0) is 12.8. The fraction of sp³-hybridized carbons (Fsp3) is 0.462. The number of halogens is 1. The summed E-state index contributed by atoms with van der Waals surface area (Å²) in [6.07, 6.45) is 0.641. The minimum absolute atomic E-state index is 0.107. The Morgan fingerprint density at radius 3 is 2.76 bits per heavy atom. The van der Waals surface area contributed by atoms with Crippen LogP contribution < -0.4 is 5.32 Å². The first kappa shape index (κ1) is 13.6. The third kappa shape index (κ3) is 4.53. The molecule has 94 valence electrons. The molecular weight excluding hydrogens is 221 g/mol. The van der Waals surface area contributed by atoms with Gasteiger partial charge in [0, 0.05) is 18.7 Å². The number of benzene rings is 1. The fourth-order valence-electron chi connectivity index (χ4n) is 1.56. The Morgan fingerprint density at radius 1 is 1.47 bits per heavy atom. The highest BCUT2D eigenvalue weighted by Crippen LogP contribution is 2.08. The number of rotatable bonds is 5. The quantitative estimate of drug-likeness (QED) is 0.824. The lowest BCUT2D eigenvalue weighted by molar-refractivity contribution is 0.0945. The molecule has 0 radical (unpaired) electrons. The minimum atomic E-state index is -0.404. The van der Waals surface area contributed by atoms with E-state index in [9.17, 15) is 9.18 Å². The fourth-order valence-corrected chi connectivity index (χ4v) is 1.56. The van der Waals surface area contributed by atoms with Crippen LogP contribution in [0, 0.1) is 18.7 Å². The van der Waals surface area contributed by atoms with Crippen LogP contribution in [0.15, 0.2) is 18.2 Å². The third-order valence-electron chi connectivity index (χ3n) is 2.54. The lowest BCUT2D eigenvalue weighted by Crippen LogP contribution is -2.28. The van der Waals surface area contributed by atoms with Crippen molar-refractivity contribution in [2.75, 3.05) is 13.2 Å². The summed E-state index contributed by atoms with van der Waals surface area (Å²) in [5, 5.41) is 11.5. The van der Waals surface area contributed by atoms with Crippen molar-refractivity contribution in [3.63, 3.8) is 0 Å². The summed E-state index contributed by atoms with van der Waals surface area (Å²) in [7, 11) is 0. The van der Waals surface area contributed by atoms with Crippen LogP contribution in [0.5, 0.6) is 0 Å². The Bertz CT molecular complexity index is 373. The van der Waals surface area contributed by atoms with E-state index in [1.54, 1.807) is 13.0 Å². The maximum absolute atomic E-state index is 13.1. The highest BCUT2D eigenvalue weighted by atomic mass is 19.1. The molecule has 1 atom stereocenters. The summed E-state index contributed by atoms with van der Waals surface area (Å²) >= 11 is 0. The monoisotopic (exact) mass is 239 g/mol. The molecule has 3 nitrogen and oxygen atoms in total. The largest absolute Gasteiger partial charge is 0.396 e. The number of aliphatic hydroxyl groups excluding tert-OH is 1. The first-order chi connectivity index (χ1) is 8.02. The molecule has 4 heteroatoms. The molecule has 0 heterocycles. The number of amides is 1. The van der Waals surface area contributed by atoms with Gasteiger partial charge < -0.3 is 10.4 Å². The molecule has 0 saturated heterocycles. The normalized spacial score (nSPS) is 12.2. The van der Waals surface area contributed by atoms with Crippen molar-refractivity contribution in [2.24, 2.45) is 5.92 Å². The Balaban J connectivity index is 2.58. The molecule has 0 aliphatic heterocycles. The number of hydrogen-bond acceptors (Lipinski definition) is 2. The maximum atomic E-state index is 13.1. The van der Waals surface area contributed by atoms with Gasteiger partial charge >= 0.3 is 0 Å². The van der Waals surface area contributed by atoms with E-state index in [2.05, 4.69) is 5.32 Å². The first-order valence-corrected chi connectivity index (χ1v) is 5.69. The van der Waals surface area contributed by atoms with Crippen LogP contribution in [0.4, 0.5) is 4.39 Å². The van der Waals surface area contributed by atoms with Crippen LogP contribution in [0.2, 0.25) is 0 Å². The summed E-state index contributed by atoms with van der Waals surface area (Å²) in [5.74, 6) is -0.477. The second-order valence-corrected chi connectivity index (χ2v) is 4.34. The minimum Gasteiger partial charge on any atom is -0.396 e. The van der Waals surface area contributed by atoms with Gasteiger partial charge in [-0.3, -0.25) is 4.79 Å². The average Bonchev–Trinajstić information content (AvgIpc) is 2.25. The van der Waals surface area contributed by atoms with Crippen LogP contribution in [0.1, 0.15) is 29.3 Å². The summed E-state index contributed by atoms with van der Waals surface area (Å²) in [6, 6.07) is 4.25. The van der Waals surface area contributed by atoms with Gasteiger partial charge in [-0.05, 0) is 43.0 Å². The summed E-state index contributed by atoms with van der Waals surface area (Å²) in [5.41, 5.74) is 1.05. The molecule has 1 aromatic rings. The standard InChI is InChI=1S/C13H18FNO2/c1-9(3-4-16)8-15-13(17)11-5-10(2)6-12(14)7-11/h5-7,9,16H,3-4,8H2,1-2H3,(H,15,17). The molecule has 1 rings (SSSR count). The molecule has 1 aromatic carbocycles. The predicted molar refractivity (Wildman–Crippen MR) is 64.3 cm³/mol. The van der Waals surface area contributed by atoms with E-state index in [0.29, 0.717) is 18.5 Å². The number of carbonyl (C=O) groups is 1. The number of carbonyl (C=O) groups excluding carboxylic acids is 1. The van der Waals surface area contributed by atoms with E-state index in [1.165, 1.54) is 12.1 Å².